The summed E-state index contributed by atoms with van der Waals surface area (Å²) >= 11 is 0. The molecule has 0 aliphatic heterocycles. The van der Waals surface area contributed by atoms with Crippen LogP contribution in [0.1, 0.15) is 67.6 Å². The van der Waals surface area contributed by atoms with Crippen molar-refractivity contribution in [3.05, 3.63) is 214 Å². The first-order valence-corrected chi connectivity index (χ1v) is 18.5. The summed E-state index contributed by atoms with van der Waals surface area (Å²) in [4.78, 5) is 38.4. The lowest BCUT2D eigenvalue weighted by atomic mass is 9.77. The molecular formula is C50H36N2O2. The van der Waals surface area contributed by atoms with Crippen molar-refractivity contribution >= 4 is 23.7 Å². The number of benzene rings is 5. The highest BCUT2D eigenvalue weighted by Crippen LogP contribution is 2.41. The van der Waals surface area contributed by atoms with E-state index in [4.69, 9.17) is 9.97 Å². The molecule has 1 atom stereocenters. The van der Waals surface area contributed by atoms with Gasteiger partial charge >= 0.3 is 0 Å². The Morgan fingerprint density at radius 3 is 1.70 bits per heavy atom. The largest absolute Gasteiger partial charge is 0.287 e. The maximum absolute atomic E-state index is 14.3. The fraction of sp³-hybridized carbons (Fsp3) is 0.0800. The topological polar surface area (TPSA) is 59.9 Å². The molecule has 258 valence electrons. The van der Waals surface area contributed by atoms with Gasteiger partial charge in [0.15, 0.2) is 0 Å². The standard InChI is InChI=1S/C50H36N2O2/c53-49-39(24-25-41-44(36-18-7-2-8-19-36)32-46(52-47(41)49)38-22-11-4-12-23-38)29-33-14-13-15-34(28-33)30-40-31-43(35-16-5-1-6-17-35)42-26-27-45(51-48(42)50(40)54)37-20-9-3-10-21-37/h1-23,26-30,32,43H,24-25,31H2. The van der Waals surface area contributed by atoms with Crippen LogP contribution >= 0.6 is 0 Å². The number of Topliss-reactive ketones (excluding diaryl/α,β-unsaturated/α-hetero) is 2. The van der Waals surface area contributed by atoms with E-state index in [-0.39, 0.29) is 17.5 Å². The third-order valence-corrected chi connectivity index (χ3v) is 10.5. The highest BCUT2D eigenvalue weighted by molar-refractivity contribution is 6.14. The third kappa shape index (κ3) is 6.44. The number of carbonyl (C=O) groups excluding carboxylic acids is 2. The number of hydrogen-bond acceptors (Lipinski definition) is 4. The summed E-state index contributed by atoms with van der Waals surface area (Å²) in [6.07, 6.45) is 5.90. The Hall–Kier alpha value is -6.78. The van der Waals surface area contributed by atoms with Gasteiger partial charge in [0, 0.05) is 28.2 Å². The molecule has 1 unspecified atom stereocenters. The number of ketones is 2. The second-order valence-corrected chi connectivity index (χ2v) is 13.9. The summed E-state index contributed by atoms with van der Waals surface area (Å²) in [6.45, 7) is 0. The molecular weight excluding hydrogens is 661 g/mol. The van der Waals surface area contributed by atoms with E-state index >= 15 is 0 Å². The summed E-state index contributed by atoms with van der Waals surface area (Å²) in [5.41, 5.74) is 13.0. The Morgan fingerprint density at radius 1 is 0.481 bits per heavy atom. The van der Waals surface area contributed by atoms with Gasteiger partial charge in [0.05, 0.1) is 11.4 Å². The van der Waals surface area contributed by atoms with Crippen LogP contribution in [0.4, 0.5) is 0 Å². The van der Waals surface area contributed by atoms with E-state index in [1.165, 1.54) is 0 Å². The maximum Gasteiger partial charge on any atom is 0.207 e. The van der Waals surface area contributed by atoms with Gasteiger partial charge < -0.3 is 0 Å². The van der Waals surface area contributed by atoms with Crippen LogP contribution in [0.3, 0.4) is 0 Å². The Morgan fingerprint density at radius 2 is 1.04 bits per heavy atom. The number of pyridine rings is 2. The van der Waals surface area contributed by atoms with Gasteiger partial charge in [0.25, 0.3) is 0 Å². The van der Waals surface area contributed by atoms with Crippen LogP contribution in [-0.4, -0.2) is 21.5 Å². The molecule has 2 aromatic heterocycles. The van der Waals surface area contributed by atoms with Crippen LogP contribution in [-0.2, 0) is 6.42 Å². The Bertz CT molecular complexity index is 2590. The number of fused-ring (bicyclic) bond motifs is 2. The minimum absolute atomic E-state index is 0.00163. The fourth-order valence-electron chi connectivity index (χ4n) is 7.83. The van der Waals surface area contributed by atoms with Crippen molar-refractivity contribution in [3.63, 3.8) is 0 Å². The van der Waals surface area contributed by atoms with E-state index in [1.54, 1.807) is 0 Å². The van der Waals surface area contributed by atoms with Crippen molar-refractivity contribution in [3.8, 4) is 33.6 Å². The molecule has 2 aliphatic carbocycles. The van der Waals surface area contributed by atoms with Crippen LogP contribution < -0.4 is 0 Å². The number of carbonyl (C=O) groups is 2. The molecule has 0 saturated heterocycles. The average molecular weight is 697 g/mol. The van der Waals surface area contributed by atoms with Crippen LogP contribution in [0.25, 0.3) is 45.8 Å². The number of rotatable bonds is 6. The van der Waals surface area contributed by atoms with Crippen molar-refractivity contribution in [2.24, 2.45) is 0 Å². The van der Waals surface area contributed by atoms with Crippen molar-refractivity contribution in [1.29, 1.82) is 0 Å². The number of allylic oxidation sites excluding steroid dienone is 2. The molecule has 0 amide bonds. The first-order valence-electron chi connectivity index (χ1n) is 18.5. The van der Waals surface area contributed by atoms with Gasteiger partial charge in [-0.25, -0.2) is 9.97 Å². The van der Waals surface area contributed by atoms with E-state index in [9.17, 15) is 9.59 Å². The van der Waals surface area contributed by atoms with E-state index in [2.05, 4.69) is 42.5 Å². The molecule has 2 heterocycles. The highest BCUT2D eigenvalue weighted by Gasteiger charge is 2.32. The average Bonchev–Trinajstić information content (AvgIpc) is 3.24. The molecule has 9 rings (SSSR count). The normalized spacial score (nSPS) is 16.6. The summed E-state index contributed by atoms with van der Waals surface area (Å²) in [5, 5.41) is 0. The lowest BCUT2D eigenvalue weighted by Crippen LogP contribution is -2.21. The van der Waals surface area contributed by atoms with Crippen LogP contribution in [0.5, 0.6) is 0 Å². The number of nitrogens with zero attached hydrogens (tertiary/aromatic N) is 2. The first kappa shape index (κ1) is 33.1. The van der Waals surface area contributed by atoms with Crippen molar-refractivity contribution < 1.29 is 9.59 Å². The van der Waals surface area contributed by atoms with E-state index in [0.717, 1.165) is 73.5 Å². The predicted molar refractivity (Wildman–Crippen MR) is 217 cm³/mol. The zero-order valence-corrected chi connectivity index (χ0v) is 29.7. The van der Waals surface area contributed by atoms with Gasteiger partial charge in [-0.15, -0.1) is 0 Å². The van der Waals surface area contributed by atoms with Crippen LogP contribution in [0, 0.1) is 0 Å². The monoisotopic (exact) mass is 696 g/mol. The summed E-state index contributed by atoms with van der Waals surface area (Å²) in [7, 11) is 0. The molecule has 0 radical (unpaired) electrons. The zero-order chi connectivity index (χ0) is 36.4. The summed E-state index contributed by atoms with van der Waals surface area (Å²) in [6, 6.07) is 54.9. The maximum atomic E-state index is 14.3. The second-order valence-electron chi connectivity index (χ2n) is 13.9. The van der Waals surface area contributed by atoms with Crippen molar-refractivity contribution in [2.45, 2.75) is 25.2 Å². The SMILES string of the molecule is O=C1C(=Cc2cccc(C=C3CCc4c(-c5ccccc5)cc(-c5ccccc5)nc4C3=O)c2)CC(c2ccccc2)c2ccc(-c3ccccc3)nc21. The minimum atomic E-state index is -0.0488. The minimum Gasteiger partial charge on any atom is -0.287 e. The lowest BCUT2D eigenvalue weighted by molar-refractivity contribution is 0.101. The van der Waals surface area contributed by atoms with E-state index in [0.29, 0.717) is 29.8 Å². The Kier molecular flexibility index (Phi) is 8.78. The number of aromatic nitrogens is 2. The van der Waals surface area contributed by atoms with Gasteiger partial charge in [0.2, 0.25) is 11.6 Å². The molecule has 4 heteroatoms. The van der Waals surface area contributed by atoms with Gasteiger partial charge in [-0.2, -0.15) is 0 Å². The van der Waals surface area contributed by atoms with Gasteiger partial charge in [-0.3, -0.25) is 9.59 Å². The molecule has 7 aromatic rings. The molecule has 5 aromatic carbocycles. The molecule has 2 aliphatic rings. The van der Waals surface area contributed by atoms with Gasteiger partial charge in [0.1, 0.15) is 11.4 Å². The fourth-order valence-corrected chi connectivity index (χ4v) is 7.83. The van der Waals surface area contributed by atoms with Crippen LogP contribution in [0.15, 0.2) is 175 Å². The smallest absolute Gasteiger partial charge is 0.207 e. The molecule has 0 N–H and O–H groups in total. The van der Waals surface area contributed by atoms with Gasteiger partial charge in [-0.05, 0) is 88.6 Å². The lowest BCUT2D eigenvalue weighted by Gasteiger charge is -2.27. The summed E-state index contributed by atoms with van der Waals surface area (Å²) in [5.74, 6) is -0.0888. The molecule has 0 fully saturated rings. The third-order valence-electron chi connectivity index (χ3n) is 10.5. The van der Waals surface area contributed by atoms with Gasteiger partial charge in [-0.1, -0.05) is 146 Å². The zero-order valence-electron chi connectivity index (χ0n) is 29.7. The molecule has 0 bridgehead atoms. The molecule has 0 spiro atoms. The van der Waals surface area contributed by atoms with E-state index < -0.39 is 0 Å². The van der Waals surface area contributed by atoms with E-state index in [1.807, 2.05) is 133 Å². The highest BCUT2D eigenvalue weighted by atomic mass is 16.1. The van der Waals surface area contributed by atoms with Crippen LogP contribution in [0.2, 0.25) is 0 Å². The quantitative estimate of drug-likeness (QED) is 0.162. The van der Waals surface area contributed by atoms with Crippen molar-refractivity contribution in [1.82, 2.24) is 9.97 Å². The Balaban J connectivity index is 1.07. The number of hydrogen-bond donors (Lipinski definition) is 0. The molecule has 0 saturated carbocycles. The second kappa shape index (κ2) is 14.3. The first-order chi connectivity index (χ1) is 26.6. The predicted octanol–water partition coefficient (Wildman–Crippen LogP) is 11.5. The molecule has 4 nitrogen and oxygen atoms in total. The van der Waals surface area contributed by atoms with Crippen molar-refractivity contribution in [2.75, 3.05) is 0 Å². The Labute approximate surface area is 315 Å². The molecule has 54 heavy (non-hydrogen) atoms. The summed E-state index contributed by atoms with van der Waals surface area (Å²) < 4.78 is 0.